The Morgan fingerprint density at radius 1 is 0.780 bits per heavy atom. The minimum atomic E-state index is -1.19. The number of fused-ring (bicyclic) bond motifs is 4. The molecule has 2 heterocycles. The lowest BCUT2D eigenvalue weighted by molar-refractivity contribution is -0.144. The van der Waals surface area contributed by atoms with E-state index < -0.39 is 24.5 Å². The number of alkyl carbamates (subject to hydrolysis) is 1. The number of hydrogen-bond donors (Lipinski definition) is 2. The van der Waals surface area contributed by atoms with Crippen LogP contribution in [-0.4, -0.2) is 80.8 Å². The van der Waals surface area contributed by atoms with Crippen LogP contribution in [0.5, 0.6) is 5.75 Å². The van der Waals surface area contributed by atoms with E-state index in [1.165, 1.54) is 17.6 Å². The molecule has 0 saturated heterocycles. The molecule has 5 aromatic carbocycles. The Labute approximate surface area is 340 Å². The standard InChI is InChI=1S/C46H41N7O6/c1-58-34-22-20-33(21-23-34)53(43(31-12-4-2-5-13-31)32-14-6-3-7-15-32)45-42-44(48-29-49-45)52(30-50-42)26-40(54)51(27-41(55)56)25-24-47-46(57)59-28-39-37-18-10-8-16-35(37)36-17-9-11-19-38(36)39/h2-23,29-30,39,43H,24-28H2,1H3,(H,47,57)(H,55,56). The van der Waals surface area contributed by atoms with Gasteiger partial charge in [0.05, 0.1) is 19.5 Å². The molecule has 1 aliphatic carbocycles. The van der Waals surface area contributed by atoms with E-state index in [0.29, 0.717) is 22.7 Å². The lowest BCUT2D eigenvalue weighted by Gasteiger charge is -2.34. The van der Waals surface area contributed by atoms with Crippen LogP contribution in [0.3, 0.4) is 0 Å². The second kappa shape index (κ2) is 17.3. The van der Waals surface area contributed by atoms with Crippen LogP contribution in [0.25, 0.3) is 22.3 Å². The number of anilines is 2. The first-order valence-corrected chi connectivity index (χ1v) is 19.2. The SMILES string of the molecule is COc1ccc(N(c2ncnc3c2ncn3CC(=O)N(CCNC(=O)OCC2c3ccccc3-c3ccccc32)CC(=O)O)C(c2ccccc2)c2ccccc2)cc1. The van der Waals surface area contributed by atoms with Gasteiger partial charge in [0.15, 0.2) is 17.0 Å². The van der Waals surface area contributed by atoms with Crippen LogP contribution in [0.2, 0.25) is 0 Å². The average molecular weight is 788 g/mol. The number of aliphatic carboxylic acids is 1. The van der Waals surface area contributed by atoms with E-state index in [1.54, 1.807) is 11.7 Å². The number of rotatable bonds is 15. The zero-order valence-corrected chi connectivity index (χ0v) is 32.2. The van der Waals surface area contributed by atoms with Crippen molar-refractivity contribution in [1.29, 1.82) is 0 Å². The molecule has 0 radical (unpaired) electrons. The van der Waals surface area contributed by atoms with Crippen molar-refractivity contribution in [2.45, 2.75) is 18.5 Å². The number of carboxylic acid groups (broad SMARTS) is 1. The molecule has 0 aliphatic heterocycles. The van der Waals surface area contributed by atoms with Crippen LogP contribution in [-0.2, 0) is 20.9 Å². The van der Waals surface area contributed by atoms with Gasteiger partial charge < -0.3 is 34.3 Å². The number of methoxy groups -OCH3 is 1. The van der Waals surface area contributed by atoms with Crippen LogP contribution in [0, 0.1) is 0 Å². The maximum absolute atomic E-state index is 13.8. The first kappa shape index (κ1) is 38.3. The number of carbonyl (C=O) groups excluding carboxylic acids is 2. The van der Waals surface area contributed by atoms with Crippen molar-refractivity contribution in [3.05, 3.63) is 168 Å². The number of imidazole rings is 1. The van der Waals surface area contributed by atoms with Crippen molar-refractivity contribution in [2.24, 2.45) is 0 Å². The first-order chi connectivity index (χ1) is 28.9. The zero-order valence-electron chi connectivity index (χ0n) is 32.2. The third-order valence-electron chi connectivity index (χ3n) is 10.4. The molecule has 0 saturated carbocycles. The van der Waals surface area contributed by atoms with Gasteiger partial charge >= 0.3 is 12.1 Å². The van der Waals surface area contributed by atoms with Gasteiger partial charge in [-0.25, -0.2) is 19.7 Å². The summed E-state index contributed by atoms with van der Waals surface area (Å²) in [6, 6.07) is 43.6. The molecule has 0 atom stereocenters. The summed E-state index contributed by atoms with van der Waals surface area (Å²) < 4.78 is 12.7. The highest BCUT2D eigenvalue weighted by atomic mass is 16.5. The third-order valence-corrected chi connectivity index (χ3v) is 10.4. The van der Waals surface area contributed by atoms with E-state index in [2.05, 4.69) is 51.6 Å². The number of nitrogens with zero attached hydrogens (tertiary/aromatic N) is 6. The van der Waals surface area contributed by atoms with Crippen molar-refractivity contribution in [3.63, 3.8) is 0 Å². The van der Waals surface area contributed by atoms with Gasteiger partial charge in [0, 0.05) is 24.7 Å². The Balaban J connectivity index is 1.00. The summed E-state index contributed by atoms with van der Waals surface area (Å²) in [5.74, 6) is -0.612. The number of nitrogens with one attached hydrogen (secondary N) is 1. The molecule has 2 amide bonds. The van der Waals surface area contributed by atoms with Crippen LogP contribution in [0.1, 0.15) is 34.2 Å². The molecule has 13 heteroatoms. The molecule has 59 heavy (non-hydrogen) atoms. The third kappa shape index (κ3) is 8.17. The highest BCUT2D eigenvalue weighted by molar-refractivity contribution is 5.89. The largest absolute Gasteiger partial charge is 0.497 e. The second-order valence-electron chi connectivity index (χ2n) is 14.0. The number of aromatic nitrogens is 4. The number of hydrogen-bond acceptors (Lipinski definition) is 9. The molecule has 8 rings (SSSR count). The Hall–Kier alpha value is -7.54. The summed E-state index contributed by atoms with van der Waals surface area (Å²) in [7, 11) is 1.62. The van der Waals surface area contributed by atoms with Crippen LogP contribution >= 0.6 is 0 Å². The molecule has 296 valence electrons. The Morgan fingerprint density at radius 3 is 2.00 bits per heavy atom. The van der Waals surface area contributed by atoms with E-state index in [0.717, 1.165) is 39.1 Å². The molecule has 2 aromatic heterocycles. The summed E-state index contributed by atoms with van der Waals surface area (Å²) in [4.78, 5) is 55.8. The summed E-state index contributed by atoms with van der Waals surface area (Å²) in [5, 5.41) is 12.4. The lowest BCUT2D eigenvalue weighted by Crippen LogP contribution is -2.42. The minimum absolute atomic E-state index is 0.0239. The van der Waals surface area contributed by atoms with E-state index in [9.17, 15) is 19.5 Å². The van der Waals surface area contributed by atoms with Gasteiger partial charge in [-0.15, -0.1) is 0 Å². The zero-order chi connectivity index (χ0) is 40.7. The van der Waals surface area contributed by atoms with Gasteiger partial charge in [-0.1, -0.05) is 109 Å². The number of carbonyl (C=O) groups is 3. The van der Waals surface area contributed by atoms with Crippen molar-refractivity contribution in [1.82, 2.24) is 29.7 Å². The molecular formula is C46H41N7O6. The molecular weight excluding hydrogens is 747 g/mol. The fourth-order valence-electron chi connectivity index (χ4n) is 7.70. The minimum Gasteiger partial charge on any atom is -0.497 e. The molecule has 0 spiro atoms. The predicted molar refractivity (Wildman–Crippen MR) is 222 cm³/mol. The monoisotopic (exact) mass is 787 g/mol. The maximum Gasteiger partial charge on any atom is 0.407 e. The molecule has 0 fully saturated rings. The highest BCUT2D eigenvalue weighted by Crippen LogP contribution is 2.45. The van der Waals surface area contributed by atoms with Crippen LogP contribution in [0.4, 0.5) is 16.3 Å². The molecule has 2 N–H and O–H groups in total. The summed E-state index contributed by atoms with van der Waals surface area (Å²) in [5.41, 5.74) is 8.06. The van der Waals surface area contributed by atoms with Crippen LogP contribution < -0.4 is 15.0 Å². The Morgan fingerprint density at radius 2 is 1.39 bits per heavy atom. The normalized spacial score (nSPS) is 11.8. The van der Waals surface area contributed by atoms with E-state index in [4.69, 9.17) is 19.4 Å². The lowest BCUT2D eigenvalue weighted by atomic mass is 9.96. The van der Waals surface area contributed by atoms with Gasteiger partial charge in [0.2, 0.25) is 5.91 Å². The van der Waals surface area contributed by atoms with Gasteiger partial charge in [0.25, 0.3) is 0 Å². The molecule has 0 unspecified atom stereocenters. The van der Waals surface area contributed by atoms with Crippen molar-refractivity contribution >= 4 is 40.6 Å². The van der Waals surface area contributed by atoms with Crippen molar-refractivity contribution in [2.75, 3.05) is 38.3 Å². The van der Waals surface area contributed by atoms with Crippen LogP contribution in [0.15, 0.2) is 146 Å². The van der Waals surface area contributed by atoms with E-state index in [1.807, 2.05) is 97.1 Å². The van der Waals surface area contributed by atoms with Crippen molar-refractivity contribution in [3.8, 4) is 16.9 Å². The number of amides is 2. The molecule has 7 aromatic rings. The molecule has 1 aliphatic rings. The quantitative estimate of drug-likeness (QED) is 0.109. The fourth-order valence-corrected chi connectivity index (χ4v) is 7.70. The smallest absolute Gasteiger partial charge is 0.407 e. The van der Waals surface area contributed by atoms with E-state index >= 15 is 0 Å². The second-order valence-corrected chi connectivity index (χ2v) is 14.0. The molecule has 13 nitrogen and oxygen atoms in total. The number of benzene rings is 5. The van der Waals surface area contributed by atoms with E-state index in [-0.39, 0.29) is 38.2 Å². The maximum atomic E-state index is 13.8. The summed E-state index contributed by atoms with van der Waals surface area (Å²) in [6.07, 6.45) is 2.27. The van der Waals surface area contributed by atoms with Gasteiger partial charge in [-0.05, 0) is 57.6 Å². The predicted octanol–water partition coefficient (Wildman–Crippen LogP) is 7.21. The van der Waals surface area contributed by atoms with Crippen molar-refractivity contribution < 1.29 is 29.0 Å². The Bertz CT molecular complexity index is 2500. The molecule has 0 bridgehead atoms. The average Bonchev–Trinajstić information content (AvgIpc) is 3.83. The Kier molecular flexibility index (Phi) is 11.2. The highest BCUT2D eigenvalue weighted by Gasteiger charge is 2.31. The first-order valence-electron chi connectivity index (χ1n) is 19.2. The van der Waals surface area contributed by atoms with Gasteiger partial charge in [-0.2, -0.15) is 0 Å². The number of ether oxygens (including phenoxy) is 2. The topological polar surface area (TPSA) is 152 Å². The summed E-state index contributed by atoms with van der Waals surface area (Å²) in [6.45, 7) is -0.788. The van der Waals surface area contributed by atoms with Gasteiger partial charge in [-0.3, -0.25) is 9.59 Å². The summed E-state index contributed by atoms with van der Waals surface area (Å²) >= 11 is 0. The van der Waals surface area contributed by atoms with Gasteiger partial charge in [0.1, 0.15) is 31.8 Å². The fraction of sp³-hybridized carbons (Fsp3) is 0.174. The number of carboxylic acids is 1.